The number of rotatable bonds is 2. The van der Waals surface area contributed by atoms with E-state index < -0.39 is 11.7 Å². The van der Waals surface area contributed by atoms with Gasteiger partial charge in [-0.3, -0.25) is 0 Å². The lowest BCUT2D eigenvalue weighted by molar-refractivity contribution is -0.137. The van der Waals surface area contributed by atoms with Gasteiger partial charge in [0, 0.05) is 13.0 Å². The van der Waals surface area contributed by atoms with Crippen molar-refractivity contribution >= 4 is 5.69 Å². The molecule has 3 rings (SSSR count). The van der Waals surface area contributed by atoms with Gasteiger partial charge in [0.2, 0.25) is 5.88 Å². The van der Waals surface area contributed by atoms with Crippen LogP contribution in [0, 0.1) is 11.3 Å². The largest absolute Gasteiger partial charge is 0.481 e. The molecule has 0 saturated carbocycles. The van der Waals surface area contributed by atoms with Gasteiger partial charge < -0.3 is 9.64 Å². The third-order valence-corrected chi connectivity index (χ3v) is 3.94. The van der Waals surface area contributed by atoms with Crippen molar-refractivity contribution in [2.75, 3.05) is 18.6 Å². The Bertz CT molecular complexity index is 800. The Morgan fingerprint density at radius 2 is 2.08 bits per heavy atom. The van der Waals surface area contributed by atoms with Crippen LogP contribution in [0.5, 0.6) is 5.88 Å². The molecule has 8 heteroatoms. The fraction of sp³-hybridized carbons (Fsp3) is 0.312. The Morgan fingerprint density at radius 3 is 2.75 bits per heavy atom. The molecule has 1 aliphatic rings. The van der Waals surface area contributed by atoms with Crippen molar-refractivity contribution in [3.05, 3.63) is 46.9 Å². The van der Waals surface area contributed by atoms with Gasteiger partial charge in [-0.05, 0) is 18.2 Å². The maximum atomic E-state index is 12.8. The standard InChI is InChI=1S/C16H13F3N4O/c1-24-15-12-8-23(5-4-13(12)21-9-22-15)14-3-2-11(16(17,18)19)6-10(14)7-20/h2-3,6,9H,4-5,8H2,1H3. The minimum absolute atomic E-state index is 0.0101. The number of halogens is 3. The van der Waals surface area contributed by atoms with E-state index in [0.717, 1.165) is 23.4 Å². The summed E-state index contributed by atoms with van der Waals surface area (Å²) in [7, 11) is 1.50. The SMILES string of the molecule is COc1ncnc2c1CN(c1ccc(C(F)(F)F)cc1C#N)CC2. The molecule has 5 nitrogen and oxygen atoms in total. The van der Waals surface area contributed by atoms with E-state index in [1.807, 2.05) is 11.0 Å². The van der Waals surface area contributed by atoms with Crippen LogP contribution in [0.1, 0.15) is 22.4 Å². The van der Waals surface area contributed by atoms with Gasteiger partial charge in [0.1, 0.15) is 12.4 Å². The Balaban J connectivity index is 1.97. The van der Waals surface area contributed by atoms with E-state index in [9.17, 15) is 18.4 Å². The Labute approximate surface area is 136 Å². The van der Waals surface area contributed by atoms with Crippen LogP contribution >= 0.6 is 0 Å². The van der Waals surface area contributed by atoms with Gasteiger partial charge in [-0.15, -0.1) is 0 Å². The molecular weight excluding hydrogens is 321 g/mol. The first-order valence-electron chi connectivity index (χ1n) is 7.17. The third-order valence-electron chi connectivity index (χ3n) is 3.94. The number of aromatic nitrogens is 2. The first-order chi connectivity index (χ1) is 11.4. The molecule has 0 aliphatic carbocycles. The number of hydrogen-bond donors (Lipinski definition) is 0. The van der Waals surface area contributed by atoms with E-state index in [4.69, 9.17) is 4.74 Å². The Hall–Kier alpha value is -2.82. The summed E-state index contributed by atoms with van der Waals surface area (Å²) in [5, 5.41) is 9.24. The van der Waals surface area contributed by atoms with Gasteiger partial charge in [0.05, 0.1) is 41.7 Å². The molecule has 1 aliphatic heterocycles. The molecule has 0 N–H and O–H groups in total. The zero-order chi connectivity index (χ0) is 17.3. The molecule has 0 radical (unpaired) electrons. The second-order valence-corrected chi connectivity index (χ2v) is 5.32. The van der Waals surface area contributed by atoms with E-state index in [0.29, 0.717) is 31.1 Å². The number of alkyl halides is 3. The van der Waals surface area contributed by atoms with Crippen LogP contribution in [-0.2, 0) is 19.1 Å². The van der Waals surface area contributed by atoms with Crippen LogP contribution in [0.15, 0.2) is 24.5 Å². The van der Waals surface area contributed by atoms with Crippen molar-refractivity contribution in [3.63, 3.8) is 0 Å². The van der Waals surface area contributed by atoms with Gasteiger partial charge in [-0.2, -0.15) is 18.4 Å². The summed E-state index contributed by atoms with van der Waals surface area (Å²) in [4.78, 5) is 10.1. The molecule has 0 atom stereocenters. The van der Waals surface area contributed by atoms with Gasteiger partial charge >= 0.3 is 6.18 Å². The number of methoxy groups -OCH3 is 1. The number of nitriles is 1. The first kappa shape index (κ1) is 16.1. The van der Waals surface area contributed by atoms with Gasteiger partial charge in [-0.25, -0.2) is 9.97 Å². The maximum absolute atomic E-state index is 12.8. The molecule has 1 aromatic carbocycles. The fourth-order valence-corrected chi connectivity index (χ4v) is 2.77. The highest BCUT2D eigenvalue weighted by atomic mass is 19.4. The smallest absolute Gasteiger partial charge is 0.416 e. The number of fused-ring (bicyclic) bond motifs is 1. The topological polar surface area (TPSA) is 62.0 Å². The average Bonchev–Trinajstić information content (AvgIpc) is 2.59. The monoisotopic (exact) mass is 334 g/mol. The van der Waals surface area contributed by atoms with E-state index in [1.54, 1.807) is 0 Å². The number of benzene rings is 1. The first-order valence-corrected chi connectivity index (χ1v) is 7.17. The number of anilines is 1. The molecule has 0 fully saturated rings. The lowest BCUT2D eigenvalue weighted by Crippen LogP contribution is -2.32. The van der Waals surface area contributed by atoms with E-state index in [-0.39, 0.29) is 5.56 Å². The van der Waals surface area contributed by atoms with Gasteiger partial charge in [0.25, 0.3) is 0 Å². The molecule has 0 saturated heterocycles. The number of hydrogen-bond acceptors (Lipinski definition) is 5. The third kappa shape index (κ3) is 2.85. The molecule has 2 aromatic rings. The normalized spacial score (nSPS) is 14.0. The quantitative estimate of drug-likeness (QED) is 0.845. The van der Waals surface area contributed by atoms with Gasteiger partial charge in [-0.1, -0.05) is 0 Å². The van der Waals surface area contributed by atoms with Crippen molar-refractivity contribution in [1.82, 2.24) is 9.97 Å². The Kier molecular flexibility index (Phi) is 4.01. The van der Waals surface area contributed by atoms with Crippen LogP contribution in [0.4, 0.5) is 18.9 Å². The molecule has 0 unspecified atom stereocenters. The van der Waals surface area contributed by atoms with Crippen LogP contribution in [0.3, 0.4) is 0 Å². The molecule has 24 heavy (non-hydrogen) atoms. The van der Waals surface area contributed by atoms with E-state index in [1.165, 1.54) is 19.5 Å². The maximum Gasteiger partial charge on any atom is 0.416 e. The predicted octanol–water partition coefficient (Wildman–Crippen LogP) is 2.94. The molecule has 124 valence electrons. The second-order valence-electron chi connectivity index (χ2n) is 5.32. The molecule has 2 heterocycles. The van der Waals surface area contributed by atoms with Crippen molar-refractivity contribution in [1.29, 1.82) is 5.26 Å². The summed E-state index contributed by atoms with van der Waals surface area (Å²) in [6.07, 6.45) is -2.46. The molecule has 1 aromatic heterocycles. The van der Waals surface area contributed by atoms with E-state index in [2.05, 4.69) is 9.97 Å². The highest BCUT2D eigenvalue weighted by Gasteiger charge is 2.32. The number of nitrogens with zero attached hydrogens (tertiary/aromatic N) is 4. The van der Waals surface area contributed by atoms with Crippen LogP contribution < -0.4 is 9.64 Å². The second kappa shape index (κ2) is 6.00. The summed E-state index contributed by atoms with van der Waals surface area (Å²) in [6.45, 7) is 0.923. The molecule has 0 spiro atoms. The van der Waals surface area contributed by atoms with E-state index >= 15 is 0 Å². The zero-order valence-electron chi connectivity index (χ0n) is 12.8. The zero-order valence-corrected chi connectivity index (χ0v) is 12.8. The van der Waals surface area contributed by atoms with Crippen LogP contribution in [0.2, 0.25) is 0 Å². The molecular formula is C16H13F3N4O. The summed E-state index contributed by atoms with van der Waals surface area (Å²) in [6, 6.07) is 5.06. The Morgan fingerprint density at radius 1 is 1.29 bits per heavy atom. The molecule has 0 amide bonds. The minimum atomic E-state index is -4.48. The fourth-order valence-electron chi connectivity index (χ4n) is 2.77. The minimum Gasteiger partial charge on any atom is -0.481 e. The lowest BCUT2D eigenvalue weighted by atomic mass is 10.0. The summed E-state index contributed by atoms with van der Waals surface area (Å²) >= 11 is 0. The average molecular weight is 334 g/mol. The summed E-state index contributed by atoms with van der Waals surface area (Å²) in [5.74, 6) is 0.440. The van der Waals surface area contributed by atoms with Crippen molar-refractivity contribution in [2.24, 2.45) is 0 Å². The van der Waals surface area contributed by atoms with Crippen LogP contribution in [-0.4, -0.2) is 23.6 Å². The lowest BCUT2D eigenvalue weighted by Gasteiger charge is -2.31. The summed E-state index contributed by atoms with van der Waals surface area (Å²) < 4.78 is 43.7. The highest BCUT2D eigenvalue weighted by molar-refractivity contribution is 5.62. The van der Waals surface area contributed by atoms with Crippen molar-refractivity contribution in [3.8, 4) is 11.9 Å². The summed E-state index contributed by atoms with van der Waals surface area (Å²) in [5.41, 5.74) is 1.26. The van der Waals surface area contributed by atoms with Crippen LogP contribution in [0.25, 0.3) is 0 Å². The predicted molar refractivity (Wildman–Crippen MR) is 79.5 cm³/mol. The highest BCUT2D eigenvalue weighted by Crippen LogP contribution is 2.34. The van der Waals surface area contributed by atoms with Crippen molar-refractivity contribution in [2.45, 2.75) is 19.1 Å². The van der Waals surface area contributed by atoms with Crippen molar-refractivity contribution < 1.29 is 17.9 Å². The number of ether oxygens (including phenoxy) is 1. The van der Waals surface area contributed by atoms with Gasteiger partial charge in [0.15, 0.2) is 0 Å². The molecule has 0 bridgehead atoms.